The lowest BCUT2D eigenvalue weighted by Gasteiger charge is -2.23. The Morgan fingerprint density at radius 2 is 1.45 bits per heavy atom. The van der Waals surface area contributed by atoms with E-state index in [1.807, 2.05) is 6.92 Å². The first kappa shape index (κ1) is 20.7. The molecule has 0 aromatic heterocycles. The van der Waals surface area contributed by atoms with Crippen molar-refractivity contribution >= 4 is 16.0 Å². The van der Waals surface area contributed by atoms with Crippen LogP contribution in [0, 0.1) is 6.92 Å². The number of carbonyl (C=O) groups is 1. The highest BCUT2D eigenvalue weighted by molar-refractivity contribution is 7.89. The van der Waals surface area contributed by atoms with Crippen LogP contribution in [0.15, 0.2) is 89.8 Å². The zero-order valence-corrected chi connectivity index (χ0v) is 16.5. The summed E-state index contributed by atoms with van der Waals surface area (Å²) in [5.74, 6) is -0.707. The van der Waals surface area contributed by atoms with Crippen LogP contribution in [-0.4, -0.2) is 25.6 Å². The number of benzene rings is 3. The molecule has 0 bridgehead atoms. The van der Waals surface area contributed by atoms with E-state index in [1.54, 1.807) is 72.8 Å². The highest BCUT2D eigenvalue weighted by atomic mass is 32.2. The van der Waals surface area contributed by atoms with Gasteiger partial charge in [0, 0.05) is 0 Å². The van der Waals surface area contributed by atoms with Crippen molar-refractivity contribution in [1.29, 1.82) is 0 Å². The summed E-state index contributed by atoms with van der Waals surface area (Å²) < 4.78 is 33.3. The number of para-hydroxylation sites is 1. The molecule has 3 aromatic rings. The predicted molar refractivity (Wildman–Crippen MR) is 109 cm³/mol. The van der Waals surface area contributed by atoms with Gasteiger partial charge in [-0.25, -0.2) is 17.9 Å². The lowest BCUT2D eigenvalue weighted by molar-refractivity contribution is -0.145. The molecule has 0 radical (unpaired) electrons. The van der Waals surface area contributed by atoms with Crippen LogP contribution in [0.25, 0.3) is 0 Å². The van der Waals surface area contributed by atoms with Crippen molar-refractivity contribution < 1.29 is 23.1 Å². The van der Waals surface area contributed by atoms with Crippen molar-refractivity contribution in [3.05, 3.63) is 96.1 Å². The molecule has 2 atom stereocenters. The zero-order valence-electron chi connectivity index (χ0n) is 15.7. The molecular formula is C22H21NO5S. The van der Waals surface area contributed by atoms with Crippen molar-refractivity contribution in [3.8, 4) is 5.75 Å². The second-order valence-electron chi connectivity index (χ2n) is 6.50. The smallest absolute Gasteiger partial charge is 0.342 e. The van der Waals surface area contributed by atoms with Crippen LogP contribution < -0.4 is 9.46 Å². The van der Waals surface area contributed by atoms with Crippen molar-refractivity contribution in [2.45, 2.75) is 24.0 Å². The molecule has 0 saturated carbocycles. The minimum absolute atomic E-state index is 0.0349. The summed E-state index contributed by atoms with van der Waals surface area (Å²) in [6.45, 7) is 1.85. The van der Waals surface area contributed by atoms with Gasteiger partial charge in [-0.2, -0.15) is 0 Å². The molecule has 0 spiro atoms. The van der Waals surface area contributed by atoms with E-state index < -0.39 is 28.1 Å². The zero-order chi connectivity index (χ0) is 20.9. The van der Waals surface area contributed by atoms with Crippen molar-refractivity contribution in [2.24, 2.45) is 0 Å². The lowest BCUT2D eigenvalue weighted by Crippen LogP contribution is -2.42. The molecule has 29 heavy (non-hydrogen) atoms. The van der Waals surface area contributed by atoms with Gasteiger partial charge in [0.05, 0.1) is 10.9 Å². The van der Waals surface area contributed by atoms with Gasteiger partial charge < -0.3 is 9.84 Å². The maximum absolute atomic E-state index is 12.8. The molecule has 0 aliphatic carbocycles. The van der Waals surface area contributed by atoms with Gasteiger partial charge >= 0.3 is 5.97 Å². The number of aryl methyl sites for hydroxylation is 1. The Labute approximate surface area is 169 Å². The Hall–Kier alpha value is -3.00. The molecule has 0 heterocycles. The summed E-state index contributed by atoms with van der Waals surface area (Å²) in [7, 11) is -3.99. The van der Waals surface area contributed by atoms with E-state index >= 15 is 0 Å². The topological polar surface area (TPSA) is 92.7 Å². The second-order valence-corrected chi connectivity index (χ2v) is 8.22. The summed E-state index contributed by atoms with van der Waals surface area (Å²) in [5, 5.41) is 10.6. The van der Waals surface area contributed by atoms with Gasteiger partial charge in [-0.3, -0.25) is 0 Å². The second kappa shape index (κ2) is 9.00. The average Bonchev–Trinajstić information content (AvgIpc) is 2.73. The van der Waals surface area contributed by atoms with Crippen LogP contribution in [0.2, 0.25) is 0 Å². The van der Waals surface area contributed by atoms with E-state index in [0.717, 1.165) is 5.56 Å². The van der Waals surface area contributed by atoms with Gasteiger partial charge in [0.25, 0.3) is 0 Å². The average molecular weight is 411 g/mol. The number of hydrogen-bond donors (Lipinski definition) is 2. The molecule has 6 nitrogen and oxygen atoms in total. The highest BCUT2D eigenvalue weighted by Crippen LogP contribution is 2.22. The number of nitrogens with one attached hydrogen (secondary N) is 1. The molecule has 0 fully saturated rings. The van der Waals surface area contributed by atoms with Gasteiger partial charge in [0.2, 0.25) is 10.0 Å². The first-order chi connectivity index (χ1) is 13.9. The Morgan fingerprint density at radius 3 is 2.03 bits per heavy atom. The number of hydrogen-bond acceptors (Lipinski definition) is 5. The molecular weight excluding hydrogens is 390 g/mol. The fourth-order valence-electron chi connectivity index (χ4n) is 2.73. The van der Waals surface area contributed by atoms with E-state index in [9.17, 15) is 18.3 Å². The Balaban J connectivity index is 1.88. The van der Waals surface area contributed by atoms with Crippen LogP contribution in [0.4, 0.5) is 0 Å². The number of aliphatic hydroxyl groups is 1. The Morgan fingerprint density at radius 1 is 0.897 bits per heavy atom. The summed E-state index contributed by atoms with van der Waals surface area (Å²) in [5.41, 5.74) is 1.34. The van der Waals surface area contributed by atoms with E-state index in [4.69, 9.17) is 4.74 Å². The third-order valence-corrected chi connectivity index (χ3v) is 5.75. The van der Waals surface area contributed by atoms with E-state index in [0.29, 0.717) is 5.56 Å². The third-order valence-electron chi connectivity index (χ3n) is 4.29. The minimum atomic E-state index is -3.99. The molecule has 3 rings (SSSR count). The standard InChI is InChI=1S/C22H21NO5S/c1-16-12-14-19(15-13-16)29(26,27)23-20(17-8-4-2-5-9-17)21(24)22(25)28-18-10-6-3-7-11-18/h2-15,20-21,23-24H,1H3/t20-,21+/m1/s1. The van der Waals surface area contributed by atoms with Crippen LogP contribution >= 0.6 is 0 Å². The van der Waals surface area contributed by atoms with Gasteiger partial charge in [0.1, 0.15) is 5.75 Å². The predicted octanol–water partition coefficient (Wildman–Crippen LogP) is 2.98. The Bertz CT molecular complexity index is 1050. The number of esters is 1. The van der Waals surface area contributed by atoms with Crippen molar-refractivity contribution in [1.82, 2.24) is 4.72 Å². The van der Waals surface area contributed by atoms with E-state index in [-0.39, 0.29) is 10.6 Å². The maximum atomic E-state index is 12.8. The molecule has 3 aromatic carbocycles. The van der Waals surface area contributed by atoms with Crippen LogP contribution in [0.3, 0.4) is 0 Å². The molecule has 0 unspecified atom stereocenters. The van der Waals surface area contributed by atoms with Gasteiger partial charge in [-0.15, -0.1) is 0 Å². The van der Waals surface area contributed by atoms with Gasteiger partial charge in [0.15, 0.2) is 6.10 Å². The molecule has 7 heteroatoms. The Kier molecular flexibility index (Phi) is 6.43. The van der Waals surface area contributed by atoms with E-state index in [2.05, 4.69) is 4.72 Å². The van der Waals surface area contributed by atoms with Gasteiger partial charge in [-0.1, -0.05) is 66.2 Å². The molecule has 150 valence electrons. The highest BCUT2D eigenvalue weighted by Gasteiger charge is 2.33. The number of carbonyl (C=O) groups excluding carboxylic acids is 1. The van der Waals surface area contributed by atoms with Crippen LogP contribution in [-0.2, 0) is 14.8 Å². The number of aliphatic hydroxyl groups excluding tert-OH is 1. The molecule has 0 amide bonds. The summed E-state index contributed by atoms with van der Waals surface area (Å²) >= 11 is 0. The summed E-state index contributed by atoms with van der Waals surface area (Å²) in [6.07, 6.45) is -1.75. The van der Waals surface area contributed by atoms with E-state index in [1.165, 1.54) is 12.1 Å². The van der Waals surface area contributed by atoms with Crippen LogP contribution in [0.5, 0.6) is 5.75 Å². The van der Waals surface area contributed by atoms with Crippen molar-refractivity contribution in [2.75, 3.05) is 0 Å². The summed E-state index contributed by atoms with van der Waals surface area (Å²) in [6, 6.07) is 21.7. The third kappa shape index (κ3) is 5.29. The monoisotopic (exact) mass is 411 g/mol. The fraction of sp³-hybridized carbons (Fsp3) is 0.136. The summed E-state index contributed by atoms with van der Waals surface area (Å²) in [4.78, 5) is 12.5. The number of rotatable bonds is 7. The number of sulfonamides is 1. The number of ether oxygens (including phenoxy) is 1. The molecule has 2 N–H and O–H groups in total. The molecule has 0 aliphatic heterocycles. The van der Waals surface area contributed by atoms with Crippen molar-refractivity contribution in [3.63, 3.8) is 0 Å². The normalized spacial score (nSPS) is 13.4. The maximum Gasteiger partial charge on any atom is 0.342 e. The minimum Gasteiger partial charge on any atom is -0.425 e. The first-order valence-corrected chi connectivity index (χ1v) is 10.4. The molecule has 0 aliphatic rings. The first-order valence-electron chi connectivity index (χ1n) is 8.95. The van der Waals surface area contributed by atoms with Crippen LogP contribution in [0.1, 0.15) is 17.2 Å². The largest absolute Gasteiger partial charge is 0.425 e. The van der Waals surface area contributed by atoms with Gasteiger partial charge in [-0.05, 0) is 36.8 Å². The quantitative estimate of drug-likeness (QED) is 0.461. The lowest BCUT2D eigenvalue weighted by atomic mass is 10.0. The SMILES string of the molecule is Cc1ccc(S(=O)(=O)N[C@H](c2ccccc2)[C@H](O)C(=O)Oc2ccccc2)cc1. The fourth-order valence-corrected chi connectivity index (χ4v) is 3.96. The molecule has 0 saturated heterocycles.